The van der Waals surface area contributed by atoms with Crippen molar-refractivity contribution < 1.29 is 13.6 Å². The van der Waals surface area contributed by atoms with E-state index >= 15 is 0 Å². The summed E-state index contributed by atoms with van der Waals surface area (Å²) >= 11 is 3.83. The van der Waals surface area contributed by atoms with E-state index in [4.69, 9.17) is 27.4 Å². The van der Waals surface area contributed by atoms with Crippen molar-refractivity contribution in [3.8, 4) is 0 Å². The Labute approximate surface area is 209 Å². The molecule has 2 aliphatic heterocycles. The number of benzene rings is 1. The van der Waals surface area contributed by atoms with Gasteiger partial charge in [-0.05, 0) is 44.4 Å². The average molecular weight is 517 g/mol. The van der Waals surface area contributed by atoms with Gasteiger partial charge in [0.2, 0.25) is 0 Å². The Morgan fingerprint density at radius 3 is 2.86 bits per heavy atom. The molecule has 11 nitrogen and oxygen atoms in total. The summed E-state index contributed by atoms with van der Waals surface area (Å²) in [6, 6.07) is 6.21. The van der Waals surface area contributed by atoms with Crippen LogP contribution in [-0.2, 0) is 11.3 Å². The van der Waals surface area contributed by atoms with Crippen LogP contribution >= 0.6 is 11.6 Å². The van der Waals surface area contributed by atoms with Crippen LogP contribution in [0.4, 0.5) is 11.5 Å². The molecule has 0 bridgehead atoms. The number of nitrogens with two attached hydrogens (primary N) is 1. The lowest BCUT2D eigenvalue weighted by Crippen LogP contribution is -2.39. The molecule has 1 fully saturated rings. The van der Waals surface area contributed by atoms with Crippen LogP contribution in [-0.4, -0.2) is 59.8 Å². The van der Waals surface area contributed by atoms with E-state index in [1.165, 1.54) is 12.1 Å². The fourth-order valence-electron chi connectivity index (χ4n) is 4.65. The zero-order valence-corrected chi connectivity index (χ0v) is 20.6. The molecule has 5 rings (SSSR count). The summed E-state index contributed by atoms with van der Waals surface area (Å²) in [7, 11) is 0. The van der Waals surface area contributed by atoms with Gasteiger partial charge in [0, 0.05) is 35.9 Å². The lowest BCUT2D eigenvalue weighted by atomic mass is 9.98. The normalized spacial score (nSPS) is 19.2. The third-order valence-corrected chi connectivity index (χ3v) is 6.90. The summed E-state index contributed by atoms with van der Waals surface area (Å²) in [6.07, 6.45) is 4.43. The van der Waals surface area contributed by atoms with E-state index in [0.717, 1.165) is 36.3 Å². The smallest absolute Gasteiger partial charge is 0.259 e. The molecule has 184 valence electrons. The monoisotopic (exact) mass is 516 g/mol. The highest BCUT2D eigenvalue weighted by atomic mass is 35.5. The van der Waals surface area contributed by atoms with E-state index in [9.17, 15) is 13.6 Å². The number of aryl methyl sites for hydroxylation is 1. The Hall–Kier alpha value is -3.22. The number of likely N-dealkylation sites (tertiary alicyclic amines) is 1. The first kappa shape index (κ1) is 23.5. The highest BCUT2D eigenvalue weighted by molar-refractivity contribution is 7.80. The zero-order valence-electron chi connectivity index (χ0n) is 19.0. The maximum absolute atomic E-state index is 13.6. The molecule has 1 unspecified atom stereocenters. The molecule has 2 aliphatic rings. The highest BCUT2D eigenvalue weighted by Crippen LogP contribution is 2.34. The van der Waals surface area contributed by atoms with Crippen LogP contribution < -0.4 is 15.4 Å². The van der Waals surface area contributed by atoms with E-state index in [2.05, 4.69) is 9.71 Å². The zero-order chi connectivity index (χ0) is 24.7. The second-order valence-electron chi connectivity index (χ2n) is 8.56. The van der Waals surface area contributed by atoms with Crippen molar-refractivity contribution in [2.75, 3.05) is 29.3 Å². The minimum absolute atomic E-state index is 0.232. The van der Waals surface area contributed by atoms with E-state index in [-0.39, 0.29) is 23.2 Å². The predicted molar refractivity (Wildman–Crippen MR) is 135 cm³/mol. The van der Waals surface area contributed by atoms with Gasteiger partial charge in [-0.25, -0.2) is 13.7 Å². The molecule has 0 radical (unpaired) electrons. The van der Waals surface area contributed by atoms with Gasteiger partial charge < -0.3 is 10.6 Å². The number of aromatic nitrogens is 3. The number of hydrogen-bond acceptors (Lipinski definition) is 7. The van der Waals surface area contributed by atoms with Crippen LogP contribution in [0.25, 0.3) is 5.65 Å². The number of guanidine groups is 1. The molecule has 2 aromatic heterocycles. The third kappa shape index (κ3) is 4.56. The van der Waals surface area contributed by atoms with Crippen LogP contribution in [0.5, 0.6) is 0 Å². The van der Waals surface area contributed by atoms with E-state index in [1.807, 2.05) is 24.1 Å². The van der Waals surface area contributed by atoms with Crippen molar-refractivity contribution in [2.24, 2.45) is 10.7 Å². The second-order valence-corrected chi connectivity index (χ2v) is 9.70. The number of hydrogen-bond donors (Lipinski definition) is 3. The van der Waals surface area contributed by atoms with Gasteiger partial charge in [0.15, 0.2) is 11.6 Å². The lowest BCUT2D eigenvalue weighted by Gasteiger charge is -2.35. The number of amides is 1. The number of fused-ring (bicyclic) bond motifs is 1. The molecular weight excluding hydrogens is 492 g/mol. The molecule has 0 saturated carbocycles. The average Bonchev–Trinajstić information content (AvgIpc) is 3.44. The number of carbonyl (C=O) groups is 1. The van der Waals surface area contributed by atoms with Crippen LogP contribution in [0.2, 0.25) is 5.02 Å². The van der Waals surface area contributed by atoms with Gasteiger partial charge in [-0.3, -0.25) is 24.0 Å². The Bertz CT molecular complexity index is 1360. The van der Waals surface area contributed by atoms with Crippen LogP contribution in [0.1, 0.15) is 46.9 Å². The van der Waals surface area contributed by atoms with E-state index in [0.29, 0.717) is 36.3 Å². The Morgan fingerprint density at radius 2 is 2.11 bits per heavy atom. The first-order chi connectivity index (χ1) is 16.8. The molecule has 1 aromatic carbocycles. The number of aliphatic imine (C=N–C) groups is 1. The fraction of sp³-hybridized carbons (Fsp3) is 0.364. The van der Waals surface area contributed by atoms with Crippen molar-refractivity contribution in [1.29, 1.82) is 0 Å². The molecular formula is C22H25ClN8O3S. The first-order valence-electron chi connectivity index (χ1n) is 11.2. The topological polar surface area (TPSA) is 141 Å². The highest BCUT2D eigenvalue weighted by Gasteiger charge is 2.32. The molecule has 0 spiro atoms. The maximum Gasteiger partial charge on any atom is 0.259 e. The first-order valence-corrected chi connectivity index (χ1v) is 12.7. The van der Waals surface area contributed by atoms with Gasteiger partial charge in [-0.2, -0.15) is 5.10 Å². The number of anilines is 2. The number of carbonyl (C=O) groups excluding carboxylic acids is 1. The summed E-state index contributed by atoms with van der Waals surface area (Å²) < 4.78 is 24.8. The summed E-state index contributed by atoms with van der Waals surface area (Å²) in [6.45, 7) is 3.79. The fourth-order valence-corrected chi connectivity index (χ4v) is 5.19. The number of nitrogens with one attached hydrogen (secondary N) is 1. The molecule has 1 saturated heterocycles. The van der Waals surface area contributed by atoms with Gasteiger partial charge >= 0.3 is 0 Å². The summed E-state index contributed by atoms with van der Waals surface area (Å²) in [5.41, 5.74) is 8.79. The van der Waals surface area contributed by atoms with E-state index in [1.54, 1.807) is 15.5 Å². The molecule has 13 heteroatoms. The number of rotatable bonds is 5. The quantitative estimate of drug-likeness (QED) is 0.442. The molecule has 35 heavy (non-hydrogen) atoms. The van der Waals surface area contributed by atoms with Crippen molar-refractivity contribution in [2.45, 2.75) is 32.2 Å². The molecule has 3 aromatic rings. The summed E-state index contributed by atoms with van der Waals surface area (Å²) in [5, 5.41) is 5.11. The number of piperidine rings is 1. The molecule has 4 N–H and O–H groups in total. The van der Waals surface area contributed by atoms with Crippen LogP contribution in [0.3, 0.4) is 0 Å². The SMILES string of the molecule is Cc1cn2nc([C@@H]3CCCCN3C(=O)c3cc(Cl)ccc3NS(=O)O)cc2nc1N1CCN=C1N. The summed E-state index contributed by atoms with van der Waals surface area (Å²) in [4.78, 5) is 26.3. The predicted octanol–water partition coefficient (Wildman–Crippen LogP) is 2.74. The van der Waals surface area contributed by atoms with Gasteiger partial charge in [-0.1, -0.05) is 11.6 Å². The van der Waals surface area contributed by atoms with Crippen molar-refractivity contribution in [3.05, 3.63) is 52.3 Å². The lowest BCUT2D eigenvalue weighted by molar-refractivity contribution is 0.0607. The maximum atomic E-state index is 13.6. The van der Waals surface area contributed by atoms with Gasteiger partial charge in [-0.15, -0.1) is 0 Å². The van der Waals surface area contributed by atoms with Gasteiger partial charge in [0.25, 0.3) is 17.2 Å². The standard InChI is InChI=1S/C22H25ClN8O3S/c1-13-12-31-19(26-20(13)30-9-7-25-22(30)24)11-17(27-31)18-4-2-3-8-29(18)21(32)15-10-14(23)5-6-16(15)28-35(33)34/h5-6,10-12,18,28H,2-4,7-9H2,1H3,(H2,24,25)(H,33,34)/t18-/m0/s1. The van der Waals surface area contributed by atoms with Crippen LogP contribution in [0.15, 0.2) is 35.5 Å². The number of nitrogens with zero attached hydrogens (tertiary/aromatic N) is 6. The molecule has 1 amide bonds. The van der Waals surface area contributed by atoms with Crippen molar-refractivity contribution in [3.63, 3.8) is 0 Å². The van der Waals surface area contributed by atoms with Crippen LogP contribution in [0, 0.1) is 6.92 Å². The van der Waals surface area contributed by atoms with Crippen molar-refractivity contribution >= 4 is 51.9 Å². The van der Waals surface area contributed by atoms with E-state index < -0.39 is 11.3 Å². The Morgan fingerprint density at radius 1 is 1.29 bits per heavy atom. The minimum Gasteiger partial charge on any atom is -0.369 e. The van der Waals surface area contributed by atoms with Gasteiger partial charge in [0.05, 0.1) is 29.5 Å². The second kappa shape index (κ2) is 9.44. The molecule has 0 aliphatic carbocycles. The Balaban J connectivity index is 1.50. The number of halogens is 1. The minimum atomic E-state index is -2.33. The van der Waals surface area contributed by atoms with Gasteiger partial charge in [0.1, 0.15) is 5.82 Å². The molecule has 4 heterocycles. The molecule has 2 atom stereocenters. The largest absolute Gasteiger partial charge is 0.369 e. The summed E-state index contributed by atoms with van der Waals surface area (Å²) in [5.74, 6) is 0.905. The Kier molecular flexibility index (Phi) is 6.34. The third-order valence-electron chi connectivity index (χ3n) is 6.27. The van der Waals surface area contributed by atoms with Crippen molar-refractivity contribution in [1.82, 2.24) is 19.5 Å².